The molecule has 0 saturated heterocycles. The number of benzene rings is 1. The minimum absolute atomic E-state index is 0.145. The van der Waals surface area contributed by atoms with E-state index in [1.165, 1.54) is 0 Å². The molecule has 0 saturated carbocycles. The molecule has 1 rings (SSSR count). The lowest BCUT2D eigenvalue weighted by molar-refractivity contribution is -0.122. The van der Waals surface area contributed by atoms with Crippen molar-refractivity contribution in [2.45, 2.75) is 24.5 Å². The Hall–Kier alpha value is -1.04. The van der Waals surface area contributed by atoms with Gasteiger partial charge in [0.2, 0.25) is 5.91 Å². The summed E-state index contributed by atoms with van der Waals surface area (Å²) in [5.74, 6) is 5.61. The first-order chi connectivity index (χ1) is 8.69. The maximum Gasteiger partial charge on any atom is 0.242 e. The van der Waals surface area contributed by atoms with E-state index < -0.39 is 0 Å². The zero-order chi connectivity index (χ0) is 13.4. The van der Waals surface area contributed by atoms with Gasteiger partial charge in [0.25, 0.3) is 0 Å². The maximum absolute atomic E-state index is 11.8. The van der Waals surface area contributed by atoms with Crippen molar-refractivity contribution in [3.63, 3.8) is 0 Å². The molecule has 18 heavy (non-hydrogen) atoms. The van der Waals surface area contributed by atoms with Crippen molar-refractivity contribution in [2.24, 2.45) is 11.6 Å². The lowest BCUT2D eigenvalue weighted by atomic mass is 10.0. The van der Waals surface area contributed by atoms with Gasteiger partial charge in [-0.1, -0.05) is 37.3 Å². The summed E-state index contributed by atoms with van der Waals surface area (Å²) in [6.07, 6.45) is 0.955. The number of nitrogens with two attached hydrogens (primary N) is 2. The highest BCUT2D eigenvalue weighted by Crippen LogP contribution is 2.24. The summed E-state index contributed by atoms with van der Waals surface area (Å²) >= 11 is 1.75. The summed E-state index contributed by atoms with van der Waals surface area (Å²) in [6, 6.07) is 9.70. The summed E-state index contributed by atoms with van der Waals surface area (Å²) in [5.41, 5.74) is 8.76. The smallest absolute Gasteiger partial charge is 0.242 e. The van der Waals surface area contributed by atoms with Gasteiger partial charge in [-0.3, -0.25) is 10.2 Å². The summed E-state index contributed by atoms with van der Waals surface area (Å²) in [6.45, 7) is 2.80. The van der Waals surface area contributed by atoms with E-state index in [1.54, 1.807) is 11.8 Å². The van der Waals surface area contributed by atoms with E-state index in [-0.39, 0.29) is 11.8 Å². The number of hydrogen-bond donors (Lipinski definition) is 3. The number of rotatable bonds is 7. The third-order valence-electron chi connectivity index (χ3n) is 2.78. The molecular weight excluding hydrogens is 246 g/mol. The lowest BCUT2D eigenvalue weighted by Gasteiger charge is -2.17. The molecule has 5 N–H and O–H groups in total. The van der Waals surface area contributed by atoms with Gasteiger partial charge in [0, 0.05) is 11.0 Å². The SMILES string of the molecule is CC(CCN)SCC(C(=O)NN)c1ccccc1. The van der Waals surface area contributed by atoms with Crippen LogP contribution >= 0.6 is 11.8 Å². The molecule has 4 nitrogen and oxygen atoms in total. The van der Waals surface area contributed by atoms with E-state index in [4.69, 9.17) is 11.6 Å². The number of carbonyl (C=O) groups excluding carboxylic acids is 1. The third-order valence-corrected chi connectivity index (χ3v) is 4.11. The molecule has 1 aromatic carbocycles. The number of hydrazine groups is 1. The Balaban J connectivity index is 2.66. The molecular formula is C13H21N3OS. The fourth-order valence-corrected chi connectivity index (χ4v) is 2.86. The zero-order valence-corrected chi connectivity index (χ0v) is 11.5. The number of hydrogen-bond acceptors (Lipinski definition) is 4. The van der Waals surface area contributed by atoms with Gasteiger partial charge in [-0.05, 0) is 18.5 Å². The molecule has 1 aromatic rings. The van der Waals surface area contributed by atoms with Gasteiger partial charge >= 0.3 is 0 Å². The van der Waals surface area contributed by atoms with Crippen molar-refractivity contribution in [3.05, 3.63) is 35.9 Å². The third kappa shape index (κ3) is 4.68. The molecule has 0 aliphatic carbocycles. The molecule has 0 fully saturated rings. The van der Waals surface area contributed by atoms with Crippen LogP contribution in [0.25, 0.3) is 0 Å². The van der Waals surface area contributed by atoms with Crippen LogP contribution in [0.3, 0.4) is 0 Å². The minimum Gasteiger partial charge on any atom is -0.330 e. The van der Waals surface area contributed by atoms with E-state index in [2.05, 4.69) is 12.3 Å². The summed E-state index contributed by atoms with van der Waals surface area (Å²) in [5, 5.41) is 0.451. The van der Waals surface area contributed by atoms with Gasteiger partial charge in [-0.2, -0.15) is 11.8 Å². The van der Waals surface area contributed by atoms with Crippen LogP contribution in [0.2, 0.25) is 0 Å². The second-order valence-electron chi connectivity index (χ2n) is 4.19. The van der Waals surface area contributed by atoms with Crippen molar-refractivity contribution in [3.8, 4) is 0 Å². The van der Waals surface area contributed by atoms with Crippen LogP contribution in [-0.2, 0) is 4.79 Å². The highest BCUT2D eigenvalue weighted by Gasteiger charge is 2.20. The van der Waals surface area contributed by atoms with Crippen LogP contribution < -0.4 is 17.0 Å². The quantitative estimate of drug-likeness (QED) is 0.394. The molecule has 0 heterocycles. The molecule has 0 radical (unpaired) electrons. The second kappa shape index (κ2) is 8.13. The van der Waals surface area contributed by atoms with Gasteiger partial charge in [0.1, 0.15) is 0 Å². The van der Waals surface area contributed by atoms with Gasteiger partial charge in [0.05, 0.1) is 5.92 Å². The average molecular weight is 267 g/mol. The predicted molar refractivity (Wildman–Crippen MR) is 77.1 cm³/mol. The van der Waals surface area contributed by atoms with Gasteiger partial charge in [-0.25, -0.2) is 5.84 Å². The average Bonchev–Trinajstić information content (AvgIpc) is 2.40. The number of amides is 1. The van der Waals surface area contributed by atoms with Crippen LogP contribution in [0.15, 0.2) is 30.3 Å². The van der Waals surface area contributed by atoms with Crippen molar-refractivity contribution in [2.75, 3.05) is 12.3 Å². The topological polar surface area (TPSA) is 81.1 Å². The molecule has 2 atom stereocenters. The van der Waals surface area contributed by atoms with E-state index in [1.807, 2.05) is 30.3 Å². The Morgan fingerprint density at radius 3 is 2.61 bits per heavy atom. The zero-order valence-electron chi connectivity index (χ0n) is 10.6. The van der Waals surface area contributed by atoms with Crippen LogP contribution in [-0.4, -0.2) is 23.5 Å². The molecule has 5 heteroatoms. The van der Waals surface area contributed by atoms with Crippen LogP contribution in [0.1, 0.15) is 24.8 Å². The first-order valence-electron chi connectivity index (χ1n) is 6.06. The number of nitrogens with one attached hydrogen (secondary N) is 1. The van der Waals surface area contributed by atoms with Crippen molar-refractivity contribution >= 4 is 17.7 Å². The molecule has 100 valence electrons. The fourth-order valence-electron chi connectivity index (χ4n) is 1.69. The Bertz CT molecular complexity index is 359. The predicted octanol–water partition coefficient (Wildman–Crippen LogP) is 1.23. The minimum atomic E-state index is -0.207. The summed E-state index contributed by atoms with van der Waals surface area (Å²) < 4.78 is 0. The van der Waals surface area contributed by atoms with E-state index in [0.717, 1.165) is 12.0 Å². The van der Waals surface area contributed by atoms with Gasteiger partial charge in [-0.15, -0.1) is 0 Å². The molecule has 2 unspecified atom stereocenters. The molecule has 0 aromatic heterocycles. The molecule has 0 aliphatic rings. The molecule has 1 amide bonds. The van der Waals surface area contributed by atoms with Crippen LogP contribution in [0.4, 0.5) is 0 Å². The highest BCUT2D eigenvalue weighted by atomic mass is 32.2. The van der Waals surface area contributed by atoms with E-state index in [0.29, 0.717) is 17.5 Å². The van der Waals surface area contributed by atoms with E-state index >= 15 is 0 Å². The summed E-state index contributed by atoms with van der Waals surface area (Å²) in [7, 11) is 0. The van der Waals surface area contributed by atoms with Crippen molar-refractivity contribution < 1.29 is 4.79 Å². The molecule has 0 aliphatic heterocycles. The van der Waals surface area contributed by atoms with Crippen molar-refractivity contribution in [1.29, 1.82) is 0 Å². The Kier molecular flexibility index (Phi) is 6.78. The van der Waals surface area contributed by atoms with Gasteiger partial charge in [0.15, 0.2) is 0 Å². The largest absolute Gasteiger partial charge is 0.330 e. The van der Waals surface area contributed by atoms with Crippen LogP contribution in [0, 0.1) is 0 Å². The lowest BCUT2D eigenvalue weighted by Crippen LogP contribution is -2.36. The molecule has 0 spiro atoms. The number of thioether (sulfide) groups is 1. The second-order valence-corrected chi connectivity index (χ2v) is 5.66. The van der Waals surface area contributed by atoms with E-state index in [9.17, 15) is 4.79 Å². The Morgan fingerprint density at radius 1 is 1.39 bits per heavy atom. The standard InChI is InChI=1S/C13H21N3OS/c1-10(7-8-14)18-9-12(13(17)16-15)11-5-3-2-4-6-11/h2-6,10,12H,7-9,14-15H2,1H3,(H,16,17). The van der Waals surface area contributed by atoms with Crippen LogP contribution in [0.5, 0.6) is 0 Å². The maximum atomic E-state index is 11.8. The monoisotopic (exact) mass is 267 g/mol. The Labute approximate surface area is 112 Å². The molecule has 0 bridgehead atoms. The van der Waals surface area contributed by atoms with Crippen molar-refractivity contribution in [1.82, 2.24) is 5.43 Å². The summed E-state index contributed by atoms with van der Waals surface area (Å²) in [4.78, 5) is 11.8. The van der Waals surface area contributed by atoms with Gasteiger partial charge < -0.3 is 5.73 Å². The normalized spacial score (nSPS) is 13.9. The first kappa shape index (κ1) is 15.0. The Morgan fingerprint density at radius 2 is 2.06 bits per heavy atom. The highest BCUT2D eigenvalue weighted by molar-refractivity contribution is 7.99. The first-order valence-corrected chi connectivity index (χ1v) is 7.11. The fraction of sp³-hybridized carbons (Fsp3) is 0.462. The number of carbonyl (C=O) groups is 1.